The van der Waals surface area contributed by atoms with Crippen LogP contribution in [0.1, 0.15) is 15.9 Å². The van der Waals surface area contributed by atoms with E-state index in [1.54, 1.807) is 6.07 Å². The summed E-state index contributed by atoms with van der Waals surface area (Å²) in [7, 11) is 0. The summed E-state index contributed by atoms with van der Waals surface area (Å²) in [5.74, 6) is -0.786. The number of carbonyl (C=O) groups is 1. The molecule has 0 radical (unpaired) electrons. The van der Waals surface area contributed by atoms with Gasteiger partial charge in [0.25, 0.3) is 5.24 Å². The number of benzene rings is 1. The molecular weight excluding hydrogens is 247 g/mol. The highest BCUT2D eigenvalue weighted by Gasteiger charge is 2.32. The van der Waals surface area contributed by atoms with Crippen molar-refractivity contribution in [3.8, 4) is 11.8 Å². The molecule has 0 spiro atoms. The lowest BCUT2D eigenvalue weighted by molar-refractivity contribution is -0.274. The zero-order valence-electron chi connectivity index (χ0n) is 7.51. The standard InChI is InChI=1S/C9H3ClF3NO2/c10-8(15)6-2-1-5(4-14)3-7(6)16-9(11,12)13/h1-3H. The second-order valence-electron chi connectivity index (χ2n) is 2.64. The van der Waals surface area contributed by atoms with Crippen LogP contribution < -0.4 is 4.74 Å². The number of hydrogen-bond donors (Lipinski definition) is 0. The van der Waals surface area contributed by atoms with E-state index in [4.69, 9.17) is 16.9 Å². The predicted molar refractivity (Wildman–Crippen MR) is 48.0 cm³/mol. The first kappa shape index (κ1) is 12.3. The third-order valence-corrected chi connectivity index (χ3v) is 1.75. The van der Waals surface area contributed by atoms with Gasteiger partial charge in [-0.1, -0.05) is 0 Å². The molecule has 0 bridgehead atoms. The molecule has 1 rings (SSSR count). The van der Waals surface area contributed by atoms with Gasteiger partial charge in [0.05, 0.1) is 17.2 Å². The number of ether oxygens (including phenoxy) is 1. The van der Waals surface area contributed by atoms with E-state index in [2.05, 4.69) is 4.74 Å². The molecule has 0 aliphatic carbocycles. The lowest BCUT2D eigenvalue weighted by Crippen LogP contribution is -2.18. The van der Waals surface area contributed by atoms with Crippen molar-refractivity contribution in [3.63, 3.8) is 0 Å². The fraction of sp³-hybridized carbons (Fsp3) is 0.111. The van der Waals surface area contributed by atoms with Gasteiger partial charge in [-0.3, -0.25) is 4.79 Å². The van der Waals surface area contributed by atoms with Crippen molar-refractivity contribution in [2.45, 2.75) is 6.36 Å². The summed E-state index contributed by atoms with van der Waals surface area (Å²) in [6.45, 7) is 0. The molecule has 3 nitrogen and oxygen atoms in total. The Balaban J connectivity index is 3.22. The lowest BCUT2D eigenvalue weighted by Gasteiger charge is -2.11. The minimum Gasteiger partial charge on any atom is -0.405 e. The van der Waals surface area contributed by atoms with Gasteiger partial charge in [0.15, 0.2) is 0 Å². The van der Waals surface area contributed by atoms with Crippen molar-refractivity contribution in [1.29, 1.82) is 5.26 Å². The quantitative estimate of drug-likeness (QED) is 0.757. The summed E-state index contributed by atoms with van der Waals surface area (Å²) in [4.78, 5) is 10.8. The first-order valence-corrected chi connectivity index (χ1v) is 4.21. The minimum absolute atomic E-state index is 0.0686. The topological polar surface area (TPSA) is 50.1 Å². The molecule has 0 amide bonds. The zero-order chi connectivity index (χ0) is 12.3. The molecule has 0 N–H and O–H groups in total. The van der Waals surface area contributed by atoms with Crippen LogP contribution in [0.25, 0.3) is 0 Å². The summed E-state index contributed by atoms with van der Waals surface area (Å²) in [5.41, 5.74) is -0.515. The second-order valence-corrected chi connectivity index (χ2v) is 2.99. The maximum Gasteiger partial charge on any atom is 0.573 e. The largest absolute Gasteiger partial charge is 0.573 e. The van der Waals surface area contributed by atoms with Crippen molar-refractivity contribution >= 4 is 16.8 Å². The van der Waals surface area contributed by atoms with Crippen molar-refractivity contribution in [3.05, 3.63) is 29.3 Å². The number of carbonyl (C=O) groups excluding carboxylic acids is 1. The molecule has 16 heavy (non-hydrogen) atoms. The maximum absolute atomic E-state index is 12.0. The molecule has 1 aromatic rings. The van der Waals surface area contributed by atoms with Gasteiger partial charge >= 0.3 is 6.36 Å². The van der Waals surface area contributed by atoms with E-state index in [0.29, 0.717) is 0 Å². The Bertz CT molecular complexity index is 465. The van der Waals surface area contributed by atoms with Crippen LogP contribution in [0.4, 0.5) is 13.2 Å². The van der Waals surface area contributed by atoms with Crippen LogP contribution in [0.2, 0.25) is 0 Å². The van der Waals surface area contributed by atoms with Gasteiger partial charge in [-0.25, -0.2) is 0 Å². The highest BCUT2D eigenvalue weighted by molar-refractivity contribution is 6.68. The van der Waals surface area contributed by atoms with E-state index >= 15 is 0 Å². The number of halogens is 4. The smallest absolute Gasteiger partial charge is 0.405 e. The number of nitrogens with zero attached hydrogens (tertiary/aromatic N) is 1. The molecular formula is C9H3ClF3NO2. The average Bonchev–Trinajstić information content (AvgIpc) is 2.14. The van der Waals surface area contributed by atoms with Gasteiger partial charge < -0.3 is 4.74 Å². The third kappa shape index (κ3) is 3.14. The lowest BCUT2D eigenvalue weighted by atomic mass is 10.1. The number of nitriles is 1. The Morgan fingerprint density at radius 3 is 2.50 bits per heavy atom. The van der Waals surface area contributed by atoms with Gasteiger partial charge in [-0.15, -0.1) is 13.2 Å². The molecule has 0 aromatic heterocycles. The fourth-order valence-electron chi connectivity index (χ4n) is 0.963. The van der Waals surface area contributed by atoms with Crippen LogP contribution >= 0.6 is 11.6 Å². The van der Waals surface area contributed by atoms with E-state index in [1.807, 2.05) is 0 Å². The molecule has 0 unspecified atom stereocenters. The van der Waals surface area contributed by atoms with Gasteiger partial charge in [0.2, 0.25) is 0 Å². The average molecular weight is 250 g/mol. The van der Waals surface area contributed by atoms with Gasteiger partial charge in [0, 0.05) is 0 Å². The first-order valence-electron chi connectivity index (χ1n) is 3.83. The second kappa shape index (κ2) is 4.41. The van der Waals surface area contributed by atoms with Crippen LogP contribution in [0.15, 0.2) is 18.2 Å². The summed E-state index contributed by atoms with van der Waals surface area (Å²) in [6.07, 6.45) is -4.95. The van der Waals surface area contributed by atoms with E-state index in [0.717, 1.165) is 12.1 Å². The molecule has 7 heteroatoms. The van der Waals surface area contributed by atoms with E-state index in [9.17, 15) is 18.0 Å². The Kier molecular flexibility index (Phi) is 3.40. The third-order valence-electron chi connectivity index (χ3n) is 1.55. The minimum atomic E-state index is -4.95. The Labute approximate surface area is 93.0 Å². The van der Waals surface area contributed by atoms with Gasteiger partial charge in [0.1, 0.15) is 5.75 Å². The Morgan fingerprint density at radius 2 is 2.06 bits per heavy atom. The van der Waals surface area contributed by atoms with Crippen LogP contribution in [0.3, 0.4) is 0 Å². The molecule has 0 aliphatic heterocycles. The van der Waals surface area contributed by atoms with Crippen molar-refractivity contribution in [1.82, 2.24) is 0 Å². The van der Waals surface area contributed by atoms with E-state index < -0.39 is 22.9 Å². The van der Waals surface area contributed by atoms with Crippen LogP contribution in [-0.4, -0.2) is 11.6 Å². The van der Waals surface area contributed by atoms with Crippen LogP contribution in [0.5, 0.6) is 5.75 Å². The number of alkyl halides is 3. The van der Waals surface area contributed by atoms with Crippen LogP contribution in [0, 0.1) is 11.3 Å². The molecule has 0 atom stereocenters. The highest BCUT2D eigenvalue weighted by Crippen LogP contribution is 2.28. The summed E-state index contributed by atoms with van der Waals surface area (Å²) in [6, 6.07) is 4.57. The molecule has 0 fully saturated rings. The zero-order valence-corrected chi connectivity index (χ0v) is 8.26. The van der Waals surface area contributed by atoms with Crippen molar-refractivity contribution < 1.29 is 22.7 Å². The summed E-state index contributed by atoms with van der Waals surface area (Å²) >= 11 is 5.06. The molecule has 1 aromatic carbocycles. The van der Waals surface area contributed by atoms with Crippen molar-refractivity contribution in [2.24, 2.45) is 0 Å². The summed E-state index contributed by atoms with van der Waals surface area (Å²) in [5, 5.41) is 7.39. The van der Waals surface area contributed by atoms with Gasteiger partial charge in [-0.2, -0.15) is 5.26 Å². The number of rotatable bonds is 2. The van der Waals surface area contributed by atoms with Gasteiger partial charge in [-0.05, 0) is 29.8 Å². The summed E-state index contributed by atoms with van der Waals surface area (Å²) < 4.78 is 39.5. The molecule has 0 saturated carbocycles. The maximum atomic E-state index is 12.0. The van der Waals surface area contributed by atoms with E-state index in [-0.39, 0.29) is 5.56 Å². The monoisotopic (exact) mass is 249 g/mol. The molecule has 84 valence electrons. The first-order chi connectivity index (χ1) is 7.33. The highest BCUT2D eigenvalue weighted by atomic mass is 35.5. The SMILES string of the molecule is N#Cc1ccc(C(=O)Cl)c(OC(F)(F)F)c1. The molecule has 0 aliphatic rings. The number of hydrogen-bond acceptors (Lipinski definition) is 3. The van der Waals surface area contributed by atoms with E-state index in [1.165, 1.54) is 6.07 Å². The van der Waals surface area contributed by atoms with Crippen LogP contribution in [-0.2, 0) is 0 Å². The Morgan fingerprint density at radius 1 is 1.44 bits per heavy atom. The molecule has 0 heterocycles. The molecule has 0 saturated heterocycles. The normalized spacial score (nSPS) is 10.7. The predicted octanol–water partition coefficient (Wildman–Crippen LogP) is 2.84. The van der Waals surface area contributed by atoms with Crippen molar-refractivity contribution in [2.75, 3.05) is 0 Å². The fourth-order valence-corrected chi connectivity index (χ4v) is 1.12. The Hall–Kier alpha value is -1.74.